The van der Waals surface area contributed by atoms with E-state index in [1.165, 1.54) is 30.9 Å². The third kappa shape index (κ3) is 1.97. The van der Waals surface area contributed by atoms with Crippen molar-refractivity contribution in [3.63, 3.8) is 0 Å². The first kappa shape index (κ1) is 12.2. The monoisotopic (exact) mass is 248 g/mol. The van der Waals surface area contributed by atoms with Crippen molar-refractivity contribution in [3.8, 4) is 0 Å². The predicted octanol–water partition coefficient (Wildman–Crippen LogP) is 1.87. The van der Waals surface area contributed by atoms with Gasteiger partial charge in [0, 0.05) is 31.1 Å². The van der Waals surface area contributed by atoms with Gasteiger partial charge in [0.1, 0.15) is 5.82 Å². The second-order valence-electron chi connectivity index (χ2n) is 6.02. The zero-order chi connectivity index (χ0) is 12.7. The predicted molar refractivity (Wildman–Crippen MR) is 72.5 cm³/mol. The zero-order valence-corrected chi connectivity index (χ0v) is 11.5. The number of aromatic nitrogens is 2. The molecule has 0 aromatic carbocycles. The van der Waals surface area contributed by atoms with E-state index in [-0.39, 0.29) is 6.04 Å². The molecule has 4 nitrogen and oxygen atoms in total. The van der Waals surface area contributed by atoms with Gasteiger partial charge in [0.05, 0.1) is 11.9 Å². The highest BCUT2D eigenvalue weighted by atomic mass is 15.2. The standard InChI is InChI=1S/C14H24N4/c1-10(2)17-7-5-11(9-17)14-16-8-13-12(15)4-3-6-18(13)14/h8,10-12H,3-7,9,15H2,1-2H3. The highest BCUT2D eigenvalue weighted by molar-refractivity contribution is 5.16. The van der Waals surface area contributed by atoms with Crippen molar-refractivity contribution < 1.29 is 0 Å². The third-order valence-electron chi connectivity index (χ3n) is 4.51. The van der Waals surface area contributed by atoms with E-state index in [0.717, 1.165) is 19.5 Å². The van der Waals surface area contributed by atoms with Crippen molar-refractivity contribution in [3.05, 3.63) is 17.7 Å². The van der Waals surface area contributed by atoms with Gasteiger partial charge in [-0.3, -0.25) is 0 Å². The molecule has 2 aliphatic rings. The molecule has 3 rings (SSSR count). The second-order valence-corrected chi connectivity index (χ2v) is 6.02. The molecule has 3 heterocycles. The van der Waals surface area contributed by atoms with Crippen LogP contribution in [0.25, 0.3) is 0 Å². The Morgan fingerprint density at radius 2 is 2.17 bits per heavy atom. The first-order valence-electron chi connectivity index (χ1n) is 7.21. The van der Waals surface area contributed by atoms with Crippen molar-refractivity contribution >= 4 is 0 Å². The highest BCUT2D eigenvalue weighted by Gasteiger charge is 2.30. The number of nitrogens with two attached hydrogens (primary N) is 1. The lowest BCUT2D eigenvalue weighted by Crippen LogP contribution is -2.28. The van der Waals surface area contributed by atoms with Crippen LogP contribution in [0.5, 0.6) is 0 Å². The van der Waals surface area contributed by atoms with Gasteiger partial charge in [0.25, 0.3) is 0 Å². The Labute approximate surface area is 109 Å². The largest absolute Gasteiger partial charge is 0.330 e. The van der Waals surface area contributed by atoms with Crippen LogP contribution in [-0.4, -0.2) is 33.6 Å². The summed E-state index contributed by atoms with van der Waals surface area (Å²) in [6, 6.07) is 0.843. The van der Waals surface area contributed by atoms with E-state index in [1.807, 2.05) is 6.20 Å². The molecule has 2 atom stereocenters. The SMILES string of the molecule is CC(C)N1CCC(c2ncc3n2CCCC3N)C1. The van der Waals surface area contributed by atoms with Crippen molar-refractivity contribution in [2.24, 2.45) is 5.73 Å². The van der Waals surface area contributed by atoms with Gasteiger partial charge in [-0.25, -0.2) is 4.98 Å². The molecule has 0 spiro atoms. The normalized spacial score (nSPS) is 28.9. The Morgan fingerprint density at radius 3 is 2.89 bits per heavy atom. The highest BCUT2D eigenvalue weighted by Crippen LogP contribution is 2.32. The van der Waals surface area contributed by atoms with E-state index in [2.05, 4.69) is 28.3 Å². The fourth-order valence-electron chi connectivity index (χ4n) is 3.35. The summed E-state index contributed by atoms with van der Waals surface area (Å²) in [6.45, 7) is 8.02. The fraction of sp³-hybridized carbons (Fsp3) is 0.786. The number of hydrogen-bond acceptors (Lipinski definition) is 3. The number of likely N-dealkylation sites (tertiary alicyclic amines) is 1. The van der Waals surface area contributed by atoms with E-state index in [4.69, 9.17) is 5.73 Å². The van der Waals surface area contributed by atoms with Crippen LogP contribution < -0.4 is 5.73 Å². The number of fused-ring (bicyclic) bond motifs is 1. The summed E-state index contributed by atoms with van der Waals surface area (Å²) < 4.78 is 2.39. The Balaban J connectivity index is 1.82. The maximum absolute atomic E-state index is 6.16. The second kappa shape index (κ2) is 4.67. The number of rotatable bonds is 2. The van der Waals surface area contributed by atoms with Gasteiger partial charge in [-0.2, -0.15) is 0 Å². The van der Waals surface area contributed by atoms with E-state index >= 15 is 0 Å². The smallest absolute Gasteiger partial charge is 0.113 e. The maximum atomic E-state index is 6.16. The van der Waals surface area contributed by atoms with Crippen molar-refractivity contribution in [2.45, 2.75) is 57.7 Å². The molecule has 100 valence electrons. The van der Waals surface area contributed by atoms with Crippen LogP contribution in [0.15, 0.2) is 6.20 Å². The molecule has 1 saturated heterocycles. The van der Waals surface area contributed by atoms with Gasteiger partial charge in [-0.1, -0.05) is 0 Å². The molecule has 0 bridgehead atoms. The van der Waals surface area contributed by atoms with Gasteiger partial charge in [-0.15, -0.1) is 0 Å². The Morgan fingerprint density at radius 1 is 1.33 bits per heavy atom. The van der Waals surface area contributed by atoms with Gasteiger partial charge in [-0.05, 0) is 39.7 Å². The van der Waals surface area contributed by atoms with Crippen molar-refractivity contribution in [1.82, 2.24) is 14.5 Å². The molecule has 0 saturated carbocycles. The summed E-state index contributed by atoms with van der Waals surface area (Å²) in [7, 11) is 0. The fourth-order valence-corrected chi connectivity index (χ4v) is 3.35. The summed E-state index contributed by atoms with van der Waals surface area (Å²) in [5, 5.41) is 0. The summed E-state index contributed by atoms with van der Waals surface area (Å²) in [6.07, 6.45) is 5.55. The molecular formula is C14H24N4. The molecule has 0 amide bonds. The summed E-state index contributed by atoms with van der Waals surface area (Å²) in [5.74, 6) is 1.88. The quantitative estimate of drug-likeness (QED) is 0.869. The number of hydrogen-bond donors (Lipinski definition) is 1. The topological polar surface area (TPSA) is 47.1 Å². The van der Waals surface area contributed by atoms with E-state index in [1.54, 1.807) is 0 Å². The lowest BCUT2D eigenvalue weighted by atomic mass is 10.0. The average Bonchev–Trinajstić information content (AvgIpc) is 2.94. The van der Waals surface area contributed by atoms with Crippen LogP contribution in [-0.2, 0) is 6.54 Å². The van der Waals surface area contributed by atoms with Crippen LogP contribution in [0.4, 0.5) is 0 Å². The lowest BCUT2D eigenvalue weighted by Gasteiger charge is -2.24. The molecule has 2 N–H and O–H groups in total. The van der Waals surface area contributed by atoms with Crippen LogP contribution in [0.2, 0.25) is 0 Å². The molecule has 4 heteroatoms. The molecule has 2 unspecified atom stereocenters. The molecule has 0 aliphatic carbocycles. The maximum Gasteiger partial charge on any atom is 0.113 e. The van der Waals surface area contributed by atoms with Gasteiger partial charge in [0.2, 0.25) is 0 Å². The summed E-state index contributed by atoms with van der Waals surface area (Å²) in [5.41, 5.74) is 7.41. The van der Waals surface area contributed by atoms with E-state index in [0.29, 0.717) is 12.0 Å². The zero-order valence-electron chi connectivity index (χ0n) is 11.5. The Kier molecular flexibility index (Phi) is 3.16. The molecule has 1 aromatic rings. The van der Waals surface area contributed by atoms with Crippen LogP contribution >= 0.6 is 0 Å². The van der Waals surface area contributed by atoms with Gasteiger partial charge in [0.15, 0.2) is 0 Å². The molecule has 1 fully saturated rings. The first-order valence-corrected chi connectivity index (χ1v) is 7.21. The Hall–Kier alpha value is -0.870. The van der Waals surface area contributed by atoms with Crippen LogP contribution in [0.3, 0.4) is 0 Å². The van der Waals surface area contributed by atoms with Crippen LogP contribution in [0, 0.1) is 0 Å². The first-order chi connectivity index (χ1) is 8.66. The summed E-state index contributed by atoms with van der Waals surface area (Å²) in [4.78, 5) is 7.23. The average molecular weight is 248 g/mol. The summed E-state index contributed by atoms with van der Waals surface area (Å²) >= 11 is 0. The van der Waals surface area contributed by atoms with E-state index in [9.17, 15) is 0 Å². The van der Waals surface area contributed by atoms with Gasteiger partial charge >= 0.3 is 0 Å². The van der Waals surface area contributed by atoms with Gasteiger partial charge < -0.3 is 15.2 Å². The number of imidazole rings is 1. The number of nitrogens with zero attached hydrogens (tertiary/aromatic N) is 3. The molecule has 18 heavy (non-hydrogen) atoms. The minimum atomic E-state index is 0.197. The third-order valence-corrected chi connectivity index (χ3v) is 4.51. The molecule has 1 aromatic heterocycles. The minimum absolute atomic E-state index is 0.197. The Bertz CT molecular complexity index is 423. The van der Waals surface area contributed by atoms with Crippen LogP contribution in [0.1, 0.15) is 56.6 Å². The van der Waals surface area contributed by atoms with E-state index < -0.39 is 0 Å². The minimum Gasteiger partial charge on any atom is -0.330 e. The lowest BCUT2D eigenvalue weighted by molar-refractivity contribution is 0.271. The molecular weight excluding hydrogens is 224 g/mol. The van der Waals surface area contributed by atoms with Crippen molar-refractivity contribution in [2.75, 3.05) is 13.1 Å². The van der Waals surface area contributed by atoms with Crippen molar-refractivity contribution in [1.29, 1.82) is 0 Å². The molecule has 0 radical (unpaired) electrons. The molecule has 2 aliphatic heterocycles.